The van der Waals surface area contributed by atoms with Crippen LogP contribution in [0.5, 0.6) is 0 Å². The Hall–Kier alpha value is 0.170. The molecule has 0 saturated heterocycles. The van der Waals surface area contributed by atoms with Crippen molar-refractivity contribution in [3.05, 3.63) is 29.6 Å². The first-order valence-electron chi connectivity index (χ1n) is 2.16. The van der Waals surface area contributed by atoms with Crippen molar-refractivity contribution in [1.29, 1.82) is 0 Å². The van der Waals surface area contributed by atoms with E-state index in [-0.39, 0.29) is 29.6 Å². The van der Waals surface area contributed by atoms with Crippen molar-refractivity contribution in [1.82, 2.24) is 0 Å². The van der Waals surface area contributed by atoms with Crippen LogP contribution in [0, 0.1) is 5.21 Å². The van der Waals surface area contributed by atoms with Crippen molar-refractivity contribution in [3.8, 4) is 0 Å². The van der Waals surface area contributed by atoms with Crippen molar-refractivity contribution < 1.29 is 34.3 Å². The standard InChI is InChI=1S/C5H5NOS.Na/c7-6-4-2-1-3-5(6)8;/h1-4,8H;/q;+1/p-1. The van der Waals surface area contributed by atoms with Crippen LogP contribution >= 0.6 is 0 Å². The second-order valence-electron chi connectivity index (χ2n) is 1.36. The zero-order valence-electron chi connectivity index (χ0n) is 5.07. The van der Waals surface area contributed by atoms with Gasteiger partial charge >= 0.3 is 29.6 Å². The van der Waals surface area contributed by atoms with Crippen LogP contribution in [0.15, 0.2) is 29.4 Å². The van der Waals surface area contributed by atoms with E-state index in [1.807, 2.05) is 0 Å². The van der Waals surface area contributed by atoms with Gasteiger partial charge in [-0.1, -0.05) is 6.07 Å². The number of pyridine rings is 1. The summed E-state index contributed by atoms with van der Waals surface area (Å²) >= 11 is 4.60. The van der Waals surface area contributed by atoms with Crippen LogP contribution in [0.2, 0.25) is 0 Å². The molecule has 0 aliphatic rings. The van der Waals surface area contributed by atoms with Crippen molar-refractivity contribution >= 4 is 12.6 Å². The zero-order chi connectivity index (χ0) is 5.98. The minimum atomic E-state index is 0. The molecular weight excluding hydrogens is 145 g/mol. The molecule has 1 aromatic rings. The Morgan fingerprint density at radius 2 is 2.11 bits per heavy atom. The summed E-state index contributed by atoms with van der Waals surface area (Å²) in [7, 11) is 0. The van der Waals surface area contributed by atoms with Gasteiger partial charge in [0.15, 0.2) is 6.20 Å². The van der Waals surface area contributed by atoms with Crippen LogP contribution in [-0.4, -0.2) is 0 Å². The Morgan fingerprint density at radius 3 is 2.44 bits per heavy atom. The number of hydrogen-bond donors (Lipinski definition) is 0. The predicted molar refractivity (Wildman–Crippen MR) is 31.0 cm³/mol. The number of nitrogens with zero attached hydrogens (tertiary/aromatic N) is 1. The van der Waals surface area contributed by atoms with Gasteiger partial charge in [0.1, 0.15) is 0 Å². The monoisotopic (exact) mass is 149 g/mol. The van der Waals surface area contributed by atoms with Gasteiger partial charge < -0.3 is 17.8 Å². The van der Waals surface area contributed by atoms with E-state index in [2.05, 4.69) is 12.6 Å². The summed E-state index contributed by atoms with van der Waals surface area (Å²) in [5.41, 5.74) is 0. The summed E-state index contributed by atoms with van der Waals surface area (Å²) in [5, 5.41) is 10.7. The van der Waals surface area contributed by atoms with E-state index in [1.165, 1.54) is 6.20 Å². The SMILES string of the molecule is [Na+].[O-][n+]1ccccc1[S-]. The minimum absolute atomic E-state index is 0. The molecule has 0 N–H and O–H groups in total. The third kappa shape index (κ3) is 2.49. The molecule has 0 spiro atoms. The molecular formula is C5H4NNaOS. The molecule has 1 heterocycles. The van der Waals surface area contributed by atoms with E-state index in [1.54, 1.807) is 18.2 Å². The summed E-state index contributed by atoms with van der Waals surface area (Å²) in [6.07, 6.45) is 1.38. The molecule has 0 bridgehead atoms. The second-order valence-corrected chi connectivity index (χ2v) is 1.78. The molecule has 9 heavy (non-hydrogen) atoms. The smallest absolute Gasteiger partial charge is 0.709 e. The topological polar surface area (TPSA) is 26.9 Å². The summed E-state index contributed by atoms with van der Waals surface area (Å²) in [5.74, 6) is 0. The summed E-state index contributed by atoms with van der Waals surface area (Å²) in [6.45, 7) is 0. The summed E-state index contributed by atoms with van der Waals surface area (Å²) in [6, 6.07) is 4.96. The minimum Gasteiger partial charge on any atom is -0.709 e. The van der Waals surface area contributed by atoms with Crippen molar-refractivity contribution in [2.24, 2.45) is 0 Å². The van der Waals surface area contributed by atoms with E-state index in [0.29, 0.717) is 9.76 Å². The molecule has 4 heteroatoms. The normalized spacial score (nSPS) is 8.00. The molecule has 1 rings (SSSR count). The van der Waals surface area contributed by atoms with E-state index in [0.717, 1.165) is 0 Å². The Bertz CT molecular complexity index is 173. The molecule has 42 valence electrons. The molecule has 0 aromatic carbocycles. The molecule has 0 unspecified atom stereocenters. The zero-order valence-corrected chi connectivity index (χ0v) is 7.89. The molecule has 0 aliphatic carbocycles. The predicted octanol–water partition coefficient (Wildman–Crippen LogP) is -2.77. The van der Waals surface area contributed by atoms with Crippen LogP contribution in [0.25, 0.3) is 0 Å². The van der Waals surface area contributed by atoms with Gasteiger partial charge in [0, 0.05) is 6.07 Å². The van der Waals surface area contributed by atoms with Gasteiger partial charge in [-0.05, 0) is 6.07 Å². The first-order valence-corrected chi connectivity index (χ1v) is 2.57. The molecule has 2 nitrogen and oxygen atoms in total. The van der Waals surface area contributed by atoms with Gasteiger partial charge in [0.05, 0.1) is 5.03 Å². The summed E-state index contributed by atoms with van der Waals surface area (Å²) in [4.78, 5) is 0. The fourth-order valence-electron chi connectivity index (χ4n) is 0.413. The van der Waals surface area contributed by atoms with Crippen LogP contribution in [0.4, 0.5) is 0 Å². The van der Waals surface area contributed by atoms with E-state index >= 15 is 0 Å². The van der Waals surface area contributed by atoms with Crippen molar-refractivity contribution in [3.63, 3.8) is 0 Å². The van der Waals surface area contributed by atoms with Crippen LogP contribution < -0.4 is 34.3 Å². The number of aromatic nitrogens is 1. The maximum Gasteiger partial charge on any atom is 1.00 e. The third-order valence-corrected chi connectivity index (χ3v) is 1.10. The van der Waals surface area contributed by atoms with Crippen molar-refractivity contribution in [2.45, 2.75) is 5.03 Å². The average Bonchev–Trinajstić information content (AvgIpc) is 1.77. The molecule has 0 saturated carbocycles. The van der Waals surface area contributed by atoms with E-state index in [9.17, 15) is 5.21 Å². The maximum atomic E-state index is 10.4. The average molecular weight is 149 g/mol. The van der Waals surface area contributed by atoms with Gasteiger partial charge in [-0.15, -0.1) is 0 Å². The van der Waals surface area contributed by atoms with Gasteiger partial charge in [0.25, 0.3) is 0 Å². The van der Waals surface area contributed by atoms with Crippen molar-refractivity contribution in [2.75, 3.05) is 0 Å². The maximum absolute atomic E-state index is 10.4. The van der Waals surface area contributed by atoms with E-state index in [4.69, 9.17) is 0 Å². The Kier molecular flexibility index (Phi) is 4.14. The Labute approximate surface area is 81.2 Å². The fraction of sp³-hybridized carbons (Fsp3) is 0. The first-order chi connectivity index (χ1) is 3.80. The summed E-state index contributed by atoms with van der Waals surface area (Å²) < 4.78 is 0.648. The van der Waals surface area contributed by atoms with Crippen LogP contribution in [-0.2, 0) is 12.6 Å². The Balaban J connectivity index is 0.000000640. The molecule has 0 amide bonds. The molecule has 0 fully saturated rings. The molecule has 1 aromatic heterocycles. The number of rotatable bonds is 0. The van der Waals surface area contributed by atoms with E-state index < -0.39 is 0 Å². The Morgan fingerprint density at radius 1 is 1.44 bits per heavy atom. The van der Waals surface area contributed by atoms with Gasteiger partial charge in [0.2, 0.25) is 0 Å². The fourth-order valence-corrected chi connectivity index (χ4v) is 0.552. The first kappa shape index (κ1) is 9.17. The van der Waals surface area contributed by atoms with Crippen LogP contribution in [0.3, 0.4) is 0 Å². The molecule has 0 radical (unpaired) electrons. The van der Waals surface area contributed by atoms with Gasteiger partial charge in [-0.2, -0.15) is 4.73 Å². The quantitative estimate of drug-likeness (QED) is 0.173. The number of hydrogen-bond acceptors (Lipinski definition) is 2. The molecule has 0 atom stereocenters. The molecule has 0 aliphatic heterocycles. The second kappa shape index (κ2) is 4.06. The van der Waals surface area contributed by atoms with Gasteiger partial charge in [-0.25, -0.2) is 0 Å². The van der Waals surface area contributed by atoms with Gasteiger partial charge in [-0.3, -0.25) is 0 Å². The third-order valence-electron chi connectivity index (χ3n) is 0.789. The van der Waals surface area contributed by atoms with Crippen LogP contribution in [0.1, 0.15) is 0 Å². The largest absolute Gasteiger partial charge is 1.00 e.